The molecule has 1 aliphatic carbocycles. The lowest BCUT2D eigenvalue weighted by Gasteiger charge is -2.13. The van der Waals surface area contributed by atoms with E-state index in [1.165, 1.54) is 6.42 Å². The quantitative estimate of drug-likeness (QED) is 0.408. The van der Waals surface area contributed by atoms with Gasteiger partial charge in [-0.15, -0.1) is 0 Å². The van der Waals surface area contributed by atoms with Crippen LogP contribution in [0.4, 0.5) is 0 Å². The van der Waals surface area contributed by atoms with Crippen LogP contribution in [0.25, 0.3) is 0 Å². The first-order chi connectivity index (χ1) is 9.31. The molecule has 0 amide bonds. The van der Waals surface area contributed by atoms with Gasteiger partial charge in [-0.2, -0.15) is 0 Å². The van der Waals surface area contributed by atoms with Gasteiger partial charge in [0, 0.05) is 6.21 Å². The molecule has 0 radical (unpaired) electrons. The molecule has 3 nitrogen and oxygen atoms in total. The maximum Gasteiger partial charge on any atom is 0.145 e. The van der Waals surface area contributed by atoms with Crippen molar-refractivity contribution in [1.29, 1.82) is 5.41 Å². The van der Waals surface area contributed by atoms with Crippen LogP contribution in [0.2, 0.25) is 0 Å². The van der Waals surface area contributed by atoms with Gasteiger partial charge >= 0.3 is 0 Å². The zero-order valence-corrected chi connectivity index (χ0v) is 11.2. The van der Waals surface area contributed by atoms with E-state index in [9.17, 15) is 0 Å². The van der Waals surface area contributed by atoms with Crippen molar-refractivity contribution >= 4 is 12.6 Å². The normalized spacial score (nSPS) is 17.5. The van der Waals surface area contributed by atoms with Gasteiger partial charge in [0.2, 0.25) is 0 Å². The van der Waals surface area contributed by atoms with Gasteiger partial charge in [0.05, 0.1) is 6.34 Å². The number of aliphatic imine (C=N–C) groups is 1. The lowest BCUT2D eigenvalue weighted by atomic mass is 10.2. The smallest absolute Gasteiger partial charge is 0.145 e. The van der Waals surface area contributed by atoms with E-state index in [1.54, 1.807) is 12.2 Å². The van der Waals surface area contributed by atoms with Gasteiger partial charge in [0.25, 0.3) is 0 Å². The fourth-order valence-corrected chi connectivity index (χ4v) is 1.76. The third kappa shape index (κ3) is 5.34. The van der Waals surface area contributed by atoms with E-state index in [-0.39, 0.29) is 6.17 Å². The third-order valence-corrected chi connectivity index (χ3v) is 2.74. The summed E-state index contributed by atoms with van der Waals surface area (Å²) in [7, 11) is 0. The molecule has 1 atom stereocenters. The van der Waals surface area contributed by atoms with Crippen molar-refractivity contribution in [3.05, 3.63) is 60.8 Å². The minimum atomic E-state index is -0.300. The summed E-state index contributed by atoms with van der Waals surface area (Å²) in [5, 5.41) is 10.0. The predicted octanol–water partition coefficient (Wildman–Crippen LogP) is 3.54. The molecular weight excluding hydrogens is 234 g/mol. The minimum Gasteiger partial charge on any atom is -0.351 e. The molecule has 0 saturated heterocycles. The second kappa shape index (κ2) is 8.86. The molecule has 0 saturated carbocycles. The van der Waals surface area contributed by atoms with Gasteiger partial charge in [-0.25, -0.2) is 0 Å². The lowest BCUT2D eigenvalue weighted by Crippen LogP contribution is -2.27. The standard InChI is InChI=1S/C16H21N3/c1-3-9-15(4-2)16(19-13-17)18-12-14-10-7-5-6-8-11-14/h3-4,7,9-13,16H,1-2,5-6,8H2,(H2,17,19)/b15-9+,18-12?. The topological polar surface area (TPSA) is 48.2 Å². The van der Waals surface area contributed by atoms with E-state index >= 15 is 0 Å². The molecule has 0 aromatic carbocycles. The minimum absolute atomic E-state index is 0.300. The van der Waals surface area contributed by atoms with Crippen molar-refractivity contribution < 1.29 is 0 Å². The fourth-order valence-electron chi connectivity index (χ4n) is 1.76. The third-order valence-electron chi connectivity index (χ3n) is 2.74. The van der Waals surface area contributed by atoms with Crippen LogP contribution in [0.3, 0.4) is 0 Å². The molecule has 0 aromatic heterocycles. The number of allylic oxidation sites excluding steroid dienone is 6. The van der Waals surface area contributed by atoms with Crippen molar-refractivity contribution in [2.45, 2.75) is 25.4 Å². The molecule has 0 spiro atoms. The average molecular weight is 255 g/mol. The predicted molar refractivity (Wildman–Crippen MR) is 83.8 cm³/mol. The molecule has 1 aliphatic rings. The highest BCUT2D eigenvalue weighted by atomic mass is 15.1. The Morgan fingerprint density at radius 2 is 2.26 bits per heavy atom. The Labute approximate surface area is 115 Å². The Morgan fingerprint density at radius 1 is 1.42 bits per heavy atom. The summed E-state index contributed by atoms with van der Waals surface area (Å²) >= 11 is 0. The van der Waals surface area contributed by atoms with Crippen LogP contribution >= 0.6 is 0 Å². The first-order valence-electron chi connectivity index (χ1n) is 6.41. The Morgan fingerprint density at radius 3 is 2.95 bits per heavy atom. The first kappa shape index (κ1) is 14.9. The molecule has 0 fully saturated rings. The zero-order chi connectivity index (χ0) is 13.9. The van der Waals surface area contributed by atoms with E-state index in [0.29, 0.717) is 0 Å². The first-order valence-corrected chi connectivity index (χ1v) is 6.41. The highest BCUT2D eigenvalue weighted by molar-refractivity contribution is 5.82. The number of hydrogen-bond donors (Lipinski definition) is 2. The molecule has 2 N–H and O–H groups in total. The Kier molecular flexibility index (Phi) is 6.95. The van der Waals surface area contributed by atoms with Crippen LogP contribution in [0.15, 0.2) is 65.8 Å². The zero-order valence-electron chi connectivity index (χ0n) is 11.2. The fraction of sp³-hybridized carbons (Fsp3) is 0.250. The number of rotatable bonds is 7. The SMILES string of the molecule is C=C/C=C(\C=C)C(N=CC1=CCCCC=C1)NC=N. The summed E-state index contributed by atoms with van der Waals surface area (Å²) in [6, 6.07) is 0. The summed E-state index contributed by atoms with van der Waals surface area (Å²) < 4.78 is 0. The number of nitrogens with one attached hydrogen (secondary N) is 2. The van der Waals surface area contributed by atoms with E-state index in [0.717, 1.165) is 30.3 Å². The summed E-state index contributed by atoms with van der Waals surface area (Å²) in [4.78, 5) is 4.47. The molecule has 0 bridgehead atoms. The Hall–Kier alpha value is -2.16. The molecule has 1 rings (SSSR count). The lowest BCUT2D eigenvalue weighted by molar-refractivity contribution is 0.754. The maximum atomic E-state index is 7.17. The van der Waals surface area contributed by atoms with E-state index < -0.39 is 0 Å². The summed E-state index contributed by atoms with van der Waals surface area (Å²) in [5.74, 6) is 0. The van der Waals surface area contributed by atoms with Crippen LogP contribution in [0.5, 0.6) is 0 Å². The van der Waals surface area contributed by atoms with E-state index in [1.807, 2.05) is 12.3 Å². The van der Waals surface area contributed by atoms with Gasteiger partial charge in [-0.1, -0.05) is 49.6 Å². The van der Waals surface area contributed by atoms with Crippen LogP contribution in [-0.4, -0.2) is 18.7 Å². The van der Waals surface area contributed by atoms with Crippen molar-refractivity contribution in [2.75, 3.05) is 0 Å². The van der Waals surface area contributed by atoms with Crippen LogP contribution in [0.1, 0.15) is 19.3 Å². The molecule has 3 heteroatoms. The van der Waals surface area contributed by atoms with Crippen molar-refractivity contribution in [2.24, 2.45) is 4.99 Å². The monoisotopic (exact) mass is 255 g/mol. The largest absolute Gasteiger partial charge is 0.351 e. The molecule has 0 aromatic rings. The number of nitrogens with zero attached hydrogens (tertiary/aromatic N) is 1. The molecular formula is C16H21N3. The van der Waals surface area contributed by atoms with Crippen LogP contribution in [-0.2, 0) is 0 Å². The van der Waals surface area contributed by atoms with Crippen molar-refractivity contribution in [3.8, 4) is 0 Å². The van der Waals surface area contributed by atoms with Gasteiger partial charge in [0.15, 0.2) is 0 Å². The molecule has 0 aliphatic heterocycles. The summed E-state index contributed by atoms with van der Waals surface area (Å²) in [6.07, 6.45) is 17.7. The van der Waals surface area contributed by atoms with Crippen molar-refractivity contribution in [1.82, 2.24) is 5.32 Å². The van der Waals surface area contributed by atoms with Crippen LogP contribution < -0.4 is 5.32 Å². The summed E-state index contributed by atoms with van der Waals surface area (Å²) in [6.45, 7) is 7.43. The molecule has 100 valence electrons. The second-order valence-electron chi connectivity index (χ2n) is 4.14. The maximum absolute atomic E-state index is 7.17. The number of hydrogen-bond acceptors (Lipinski definition) is 2. The average Bonchev–Trinajstić information content (AvgIpc) is 2.69. The van der Waals surface area contributed by atoms with Gasteiger partial charge in [-0.3, -0.25) is 10.4 Å². The Balaban J connectivity index is 2.84. The van der Waals surface area contributed by atoms with E-state index in [4.69, 9.17) is 5.41 Å². The van der Waals surface area contributed by atoms with Gasteiger partial charge < -0.3 is 5.32 Å². The van der Waals surface area contributed by atoms with Gasteiger partial charge in [0.1, 0.15) is 6.17 Å². The van der Waals surface area contributed by atoms with E-state index in [2.05, 4.69) is 41.7 Å². The van der Waals surface area contributed by atoms with Crippen molar-refractivity contribution in [3.63, 3.8) is 0 Å². The van der Waals surface area contributed by atoms with Crippen LogP contribution in [0, 0.1) is 5.41 Å². The summed E-state index contributed by atoms with van der Waals surface area (Å²) in [5.41, 5.74) is 1.99. The highest BCUT2D eigenvalue weighted by Gasteiger charge is 2.06. The molecule has 0 heterocycles. The second-order valence-corrected chi connectivity index (χ2v) is 4.14. The molecule has 19 heavy (non-hydrogen) atoms. The highest BCUT2D eigenvalue weighted by Crippen LogP contribution is 2.10. The Bertz CT molecular complexity index is 439. The molecule has 1 unspecified atom stereocenters. The van der Waals surface area contributed by atoms with Gasteiger partial charge in [-0.05, 0) is 30.4 Å².